The van der Waals surface area contributed by atoms with Crippen molar-refractivity contribution in [2.24, 2.45) is 5.92 Å². The quantitative estimate of drug-likeness (QED) is 0.787. The van der Waals surface area contributed by atoms with Gasteiger partial charge in [-0.15, -0.1) is 0 Å². The second kappa shape index (κ2) is 7.27. The van der Waals surface area contributed by atoms with Crippen LogP contribution in [0.1, 0.15) is 31.9 Å². The molecule has 0 radical (unpaired) electrons. The number of benzene rings is 1. The van der Waals surface area contributed by atoms with E-state index in [1.807, 2.05) is 30.0 Å². The van der Waals surface area contributed by atoms with Gasteiger partial charge in [-0.25, -0.2) is 4.79 Å². The van der Waals surface area contributed by atoms with Crippen molar-refractivity contribution in [1.29, 1.82) is 0 Å². The average Bonchev–Trinajstić information content (AvgIpc) is 2.34. The Hall–Kier alpha value is -1.22. The molecule has 0 aliphatic heterocycles. The van der Waals surface area contributed by atoms with Gasteiger partial charge in [-0.2, -0.15) is 11.8 Å². The molecule has 1 aromatic rings. The molecule has 3 heteroatoms. The van der Waals surface area contributed by atoms with E-state index in [0.717, 1.165) is 11.3 Å². The predicted octanol–water partition coefficient (Wildman–Crippen LogP) is 4.06. The van der Waals surface area contributed by atoms with Crippen LogP contribution in [0.4, 0.5) is 0 Å². The number of thioether (sulfide) groups is 1. The maximum atomic E-state index is 10.5. The van der Waals surface area contributed by atoms with E-state index in [4.69, 9.17) is 5.11 Å². The smallest absolute Gasteiger partial charge is 0.328 e. The Balaban J connectivity index is 2.73. The molecule has 0 spiro atoms. The number of hydrogen-bond acceptors (Lipinski definition) is 2. The van der Waals surface area contributed by atoms with Gasteiger partial charge in [0.25, 0.3) is 0 Å². The van der Waals surface area contributed by atoms with E-state index in [2.05, 4.69) is 26.8 Å². The van der Waals surface area contributed by atoms with Crippen LogP contribution in [-0.4, -0.2) is 16.3 Å². The Morgan fingerprint density at radius 3 is 2.61 bits per heavy atom. The van der Waals surface area contributed by atoms with Gasteiger partial charge in [0, 0.05) is 17.1 Å². The van der Waals surface area contributed by atoms with Crippen molar-refractivity contribution in [1.82, 2.24) is 0 Å². The molecular formula is C15H20O2S. The summed E-state index contributed by atoms with van der Waals surface area (Å²) in [5.74, 6) is 0.657. The SMILES string of the molecule is CC(C)C(C)SCc1ccccc1/C=C/C(=O)O. The molecule has 1 aromatic carbocycles. The first-order valence-corrected chi connectivity index (χ1v) is 7.16. The fourth-order valence-corrected chi connectivity index (χ4v) is 2.49. The summed E-state index contributed by atoms with van der Waals surface area (Å²) < 4.78 is 0. The molecule has 0 aromatic heterocycles. The van der Waals surface area contributed by atoms with Crippen LogP contribution in [0.5, 0.6) is 0 Å². The topological polar surface area (TPSA) is 37.3 Å². The molecule has 0 bridgehead atoms. The van der Waals surface area contributed by atoms with Gasteiger partial charge in [0.1, 0.15) is 0 Å². The summed E-state index contributed by atoms with van der Waals surface area (Å²) in [5, 5.41) is 9.26. The Labute approximate surface area is 113 Å². The molecule has 0 aliphatic rings. The maximum absolute atomic E-state index is 10.5. The van der Waals surface area contributed by atoms with Crippen molar-refractivity contribution in [2.75, 3.05) is 0 Å². The van der Waals surface area contributed by atoms with Crippen molar-refractivity contribution in [3.63, 3.8) is 0 Å². The summed E-state index contributed by atoms with van der Waals surface area (Å²) in [7, 11) is 0. The first-order valence-electron chi connectivity index (χ1n) is 6.11. The maximum Gasteiger partial charge on any atom is 0.328 e. The molecule has 0 saturated heterocycles. The van der Waals surface area contributed by atoms with Gasteiger partial charge >= 0.3 is 5.97 Å². The van der Waals surface area contributed by atoms with Gasteiger partial charge in [0.15, 0.2) is 0 Å². The Bertz CT molecular complexity index is 424. The summed E-state index contributed by atoms with van der Waals surface area (Å²) >= 11 is 1.90. The second-order valence-corrected chi connectivity index (χ2v) is 6.00. The van der Waals surface area contributed by atoms with E-state index >= 15 is 0 Å². The molecule has 18 heavy (non-hydrogen) atoms. The normalized spacial score (nSPS) is 13.1. The molecule has 1 unspecified atom stereocenters. The summed E-state index contributed by atoms with van der Waals surface area (Å²) in [6.07, 6.45) is 2.85. The highest BCUT2D eigenvalue weighted by atomic mass is 32.2. The largest absolute Gasteiger partial charge is 0.478 e. The van der Waals surface area contributed by atoms with Gasteiger partial charge in [-0.05, 0) is 23.1 Å². The van der Waals surface area contributed by atoms with E-state index in [9.17, 15) is 4.79 Å². The third-order valence-corrected chi connectivity index (χ3v) is 4.45. The molecule has 0 aliphatic carbocycles. The van der Waals surface area contributed by atoms with E-state index < -0.39 is 5.97 Å². The molecule has 1 atom stereocenters. The molecular weight excluding hydrogens is 244 g/mol. The average molecular weight is 264 g/mol. The highest BCUT2D eigenvalue weighted by molar-refractivity contribution is 7.99. The van der Waals surface area contributed by atoms with Crippen LogP contribution in [0.3, 0.4) is 0 Å². The number of carbonyl (C=O) groups is 1. The fourth-order valence-electron chi connectivity index (χ4n) is 1.40. The molecule has 0 heterocycles. The fraction of sp³-hybridized carbons (Fsp3) is 0.400. The van der Waals surface area contributed by atoms with Gasteiger partial charge in [-0.1, -0.05) is 45.0 Å². The Kier molecular flexibility index (Phi) is 5.99. The molecule has 0 amide bonds. The zero-order valence-corrected chi connectivity index (χ0v) is 11.9. The van der Waals surface area contributed by atoms with Crippen LogP contribution in [0.2, 0.25) is 0 Å². The van der Waals surface area contributed by atoms with Crippen LogP contribution in [-0.2, 0) is 10.5 Å². The number of rotatable bonds is 6. The van der Waals surface area contributed by atoms with Crippen LogP contribution >= 0.6 is 11.8 Å². The van der Waals surface area contributed by atoms with E-state index in [1.54, 1.807) is 6.08 Å². The highest BCUT2D eigenvalue weighted by Crippen LogP contribution is 2.25. The summed E-state index contributed by atoms with van der Waals surface area (Å²) in [5.41, 5.74) is 2.18. The highest BCUT2D eigenvalue weighted by Gasteiger charge is 2.08. The van der Waals surface area contributed by atoms with Crippen LogP contribution in [0, 0.1) is 5.92 Å². The van der Waals surface area contributed by atoms with Crippen molar-refractivity contribution >= 4 is 23.8 Å². The van der Waals surface area contributed by atoms with Crippen LogP contribution < -0.4 is 0 Å². The van der Waals surface area contributed by atoms with Crippen molar-refractivity contribution in [3.8, 4) is 0 Å². The van der Waals surface area contributed by atoms with Crippen molar-refractivity contribution in [2.45, 2.75) is 31.8 Å². The number of carboxylic acids is 1. The summed E-state index contributed by atoms with van der Waals surface area (Å²) in [4.78, 5) is 10.5. The monoisotopic (exact) mass is 264 g/mol. The van der Waals surface area contributed by atoms with Gasteiger partial charge in [0.2, 0.25) is 0 Å². The number of hydrogen-bond donors (Lipinski definition) is 1. The number of carboxylic acid groups (broad SMARTS) is 1. The minimum absolute atomic E-state index is 0.599. The van der Waals surface area contributed by atoms with Gasteiger partial charge in [-0.3, -0.25) is 0 Å². The molecule has 1 rings (SSSR count). The zero-order chi connectivity index (χ0) is 13.5. The lowest BCUT2D eigenvalue weighted by Crippen LogP contribution is -2.06. The molecule has 2 nitrogen and oxygen atoms in total. The molecule has 0 fully saturated rings. The third-order valence-electron chi connectivity index (χ3n) is 2.90. The first-order chi connectivity index (χ1) is 8.50. The Morgan fingerprint density at radius 2 is 2.00 bits per heavy atom. The Morgan fingerprint density at radius 1 is 1.33 bits per heavy atom. The minimum atomic E-state index is -0.909. The standard InChI is InChI=1S/C15H20O2S/c1-11(2)12(3)18-10-14-7-5-4-6-13(14)8-9-15(16)17/h4-9,11-12H,10H2,1-3H3,(H,16,17)/b9-8+. The van der Waals surface area contributed by atoms with Crippen molar-refractivity contribution in [3.05, 3.63) is 41.5 Å². The van der Waals surface area contributed by atoms with Gasteiger partial charge < -0.3 is 5.11 Å². The third kappa shape index (κ3) is 4.96. The van der Waals surface area contributed by atoms with E-state index in [0.29, 0.717) is 11.2 Å². The molecule has 98 valence electrons. The molecule has 1 N–H and O–H groups in total. The zero-order valence-electron chi connectivity index (χ0n) is 11.1. The summed E-state index contributed by atoms with van der Waals surface area (Å²) in [6, 6.07) is 7.94. The van der Waals surface area contributed by atoms with Gasteiger partial charge in [0.05, 0.1) is 0 Å². The van der Waals surface area contributed by atoms with Crippen molar-refractivity contribution < 1.29 is 9.90 Å². The van der Waals surface area contributed by atoms with Crippen LogP contribution in [0.15, 0.2) is 30.3 Å². The first kappa shape index (κ1) is 14.8. The minimum Gasteiger partial charge on any atom is -0.478 e. The van der Waals surface area contributed by atoms with E-state index in [1.165, 1.54) is 11.6 Å². The lowest BCUT2D eigenvalue weighted by molar-refractivity contribution is -0.131. The predicted molar refractivity (Wildman–Crippen MR) is 78.7 cm³/mol. The molecule has 0 saturated carbocycles. The van der Waals surface area contributed by atoms with E-state index in [-0.39, 0.29) is 0 Å². The van der Waals surface area contributed by atoms with Crippen LogP contribution in [0.25, 0.3) is 6.08 Å². The lowest BCUT2D eigenvalue weighted by atomic mass is 10.1. The summed E-state index contributed by atoms with van der Waals surface area (Å²) in [6.45, 7) is 6.66. The lowest BCUT2D eigenvalue weighted by Gasteiger charge is -2.15. The second-order valence-electron chi connectivity index (χ2n) is 4.63. The number of aliphatic carboxylic acids is 1.